The number of nitrogens with two attached hydrogens (primary N) is 1. The van der Waals surface area contributed by atoms with E-state index >= 15 is 0 Å². The number of aliphatic hydroxyl groups excluding tert-OH is 1. The van der Waals surface area contributed by atoms with Gasteiger partial charge in [0, 0.05) is 21.1 Å². The average molecular weight is 524 g/mol. The number of likely N-dealkylation sites (N-methyl/N-ethyl adjacent to an activating group) is 1. The van der Waals surface area contributed by atoms with Crippen LogP contribution in [0.25, 0.3) is 0 Å². The van der Waals surface area contributed by atoms with E-state index in [1.807, 2.05) is 0 Å². The molecular weight excluding hydrogens is 503 g/mol. The molecule has 8 nitrogen and oxygen atoms in total. The van der Waals surface area contributed by atoms with Gasteiger partial charge in [-0.25, -0.2) is 0 Å². The molecule has 30 heavy (non-hydrogen) atoms. The van der Waals surface area contributed by atoms with Crippen LogP contribution in [0.2, 0.25) is 0 Å². The third-order valence-corrected chi connectivity index (χ3v) is 7.47. The lowest BCUT2D eigenvalue weighted by Crippen LogP contribution is -2.62. The number of nitrogens with zero attached hydrogens (tertiary/aromatic N) is 1. The zero-order valence-corrected chi connectivity index (χ0v) is 18.5. The third-order valence-electron chi connectivity index (χ3n) is 6.46. The van der Waals surface area contributed by atoms with Crippen molar-refractivity contribution in [3.63, 3.8) is 0 Å². The number of phenols is 1. The molecule has 1 amide bonds. The Morgan fingerprint density at radius 1 is 1.27 bits per heavy atom. The van der Waals surface area contributed by atoms with Gasteiger partial charge in [-0.2, -0.15) is 0 Å². The number of fused-ring (bicyclic) bond motifs is 3. The van der Waals surface area contributed by atoms with Gasteiger partial charge in [-0.15, -0.1) is 0 Å². The summed E-state index contributed by atoms with van der Waals surface area (Å²) in [6, 6.07) is 2.56. The van der Waals surface area contributed by atoms with E-state index in [9.17, 15) is 29.7 Å². The monoisotopic (exact) mass is 524 g/mol. The van der Waals surface area contributed by atoms with Gasteiger partial charge in [0.1, 0.15) is 11.5 Å². The second kappa shape index (κ2) is 6.89. The SMILES string of the molecule is CN(C)[C@@H]1C=C(C(N)=O)C(=O)[C@@]2(O)C(O)=C3C(=O)c4c(O)ccc(I)c4C[C@H]3C[C@@H]12. The molecule has 0 aromatic heterocycles. The van der Waals surface area contributed by atoms with Crippen LogP contribution in [-0.2, 0) is 16.0 Å². The van der Waals surface area contributed by atoms with Gasteiger partial charge in [0.15, 0.2) is 11.4 Å². The number of benzene rings is 1. The standard InChI is InChI=1S/C21H21IN2O6/c1-24(2)13-7-10(20(23)29)18(27)21(30)11(13)6-8-5-9-12(22)3-4-14(25)16(9)17(26)15(8)19(21)28/h3-4,7-8,11,13,25,28,30H,5-6H2,1-2H3,(H2,23,29)/t8-,11-,13+,21+/m0/s1. The lowest BCUT2D eigenvalue weighted by atomic mass is 9.59. The average Bonchev–Trinajstić information content (AvgIpc) is 2.66. The fraction of sp³-hybridized carbons (Fsp3) is 0.381. The van der Waals surface area contributed by atoms with Crippen molar-refractivity contribution in [1.29, 1.82) is 0 Å². The molecule has 0 saturated carbocycles. The Labute approximate surface area is 186 Å². The van der Waals surface area contributed by atoms with Crippen molar-refractivity contribution in [3.8, 4) is 5.75 Å². The van der Waals surface area contributed by atoms with E-state index < -0.39 is 52.3 Å². The van der Waals surface area contributed by atoms with E-state index in [0.29, 0.717) is 12.0 Å². The predicted molar refractivity (Wildman–Crippen MR) is 115 cm³/mol. The van der Waals surface area contributed by atoms with Crippen LogP contribution in [0.5, 0.6) is 5.75 Å². The molecule has 4 rings (SSSR count). The smallest absolute Gasteiger partial charge is 0.252 e. The highest BCUT2D eigenvalue weighted by Crippen LogP contribution is 2.51. The molecule has 3 aliphatic rings. The van der Waals surface area contributed by atoms with E-state index in [0.717, 1.165) is 3.57 Å². The Morgan fingerprint density at radius 3 is 2.53 bits per heavy atom. The predicted octanol–water partition coefficient (Wildman–Crippen LogP) is 0.840. The maximum atomic E-state index is 13.3. The second-order valence-electron chi connectivity index (χ2n) is 8.25. The number of halogens is 1. The number of carbonyl (C=O) groups is 3. The third kappa shape index (κ3) is 2.68. The van der Waals surface area contributed by atoms with Crippen LogP contribution in [0.3, 0.4) is 0 Å². The fourth-order valence-electron chi connectivity index (χ4n) is 5.02. The summed E-state index contributed by atoms with van der Waals surface area (Å²) >= 11 is 2.09. The van der Waals surface area contributed by atoms with Crippen LogP contribution in [0.4, 0.5) is 0 Å². The maximum absolute atomic E-state index is 13.3. The number of amides is 1. The van der Waals surface area contributed by atoms with Gasteiger partial charge in [-0.1, -0.05) is 6.08 Å². The zero-order chi connectivity index (χ0) is 22.1. The topological polar surface area (TPSA) is 141 Å². The molecule has 9 heteroatoms. The van der Waals surface area contributed by atoms with E-state index in [2.05, 4.69) is 22.6 Å². The van der Waals surface area contributed by atoms with E-state index in [-0.39, 0.29) is 23.3 Å². The van der Waals surface area contributed by atoms with Gasteiger partial charge >= 0.3 is 0 Å². The summed E-state index contributed by atoms with van der Waals surface area (Å²) in [5, 5.41) is 32.8. The van der Waals surface area contributed by atoms with Gasteiger partial charge < -0.3 is 26.0 Å². The van der Waals surface area contributed by atoms with Crippen molar-refractivity contribution < 1.29 is 29.7 Å². The Morgan fingerprint density at radius 2 is 1.93 bits per heavy atom. The number of Topliss-reactive ketones (excluding diaryl/α,β-unsaturated/α-hetero) is 2. The number of aromatic hydroxyl groups is 1. The molecule has 0 radical (unpaired) electrons. The first-order chi connectivity index (χ1) is 14.0. The Hall–Kier alpha value is -2.24. The lowest BCUT2D eigenvalue weighted by molar-refractivity contribution is -0.146. The van der Waals surface area contributed by atoms with Crippen LogP contribution in [-0.4, -0.2) is 63.4 Å². The van der Waals surface area contributed by atoms with Gasteiger partial charge in [0.25, 0.3) is 5.91 Å². The van der Waals surface area contributed by atoms with Crippen LogP contribution in [0.15, 0.2) is 35.1 Å². The number of aliphatic hydroxyl groups is 2. The maximum Gasteiger partial charge on any atom is 0.252 e. The number of hydrogen-bond donors (Lipinski definition) is 4. The molecule has 0 saturated heterocycles. The number of carbonyl (C=O) groups excluding carboxylic acids is 3. The second-order valence-corrected chi connectivity index (χ2v) is 9.41. The minimum absolute atomic E-state index is 0.0693. The van der Waals surface area contributed by atoms with E-state index in [1.165, 1.54) is 12.1 Å². The molecule has 0 aliphatic heterocycles. The summed E-state index contributed by atoms with van der Waals surface area (Å²) in [6.45, 7) is 0. The molecule has 158 valence electrons. The zero-order valence-electron chi connectivity index (χ0n) is 16.3. The van der Waals surface area contributed by atoms with Gasteiger partial charge in [-0.3, -0.25) is 14.4 Å². The molecule has 5 N–H and O–H groups in total. The van der Waals surface area contributed by atoms with Crippen LogP contribution in [0.1, 0.15) is 22.3 Å². The van der Waals surface area contributed by atoms with Crippen molar-refractivity contribution in [2.45, 2.75) is 24.5 Å². The quantitative estimate of drug-likeness (QED) is 0.332. The summed E-state index contributed by atoms with van der Waals surface area (Å²) in [5.41, 5.74) is 3.17. The Balaban J connectivity index is 1.95. The highest BCUT2D eigenvalue weighted by Gasteiger charge is 2.61. The molecular formula is C21H21IN2O6. The Kier molecular flexibility index (Phi) is 4.83. The molecule has 0 unspecified atom stereocenters. The number of primary amides is 1. The van der Waals surface area contributed by atoms with Crippen LogP contribution >= 0.6 is 22.6 Å². The first-order valence-electron chi connectivity index (χ1n) is 9.44. The van der Waals surface area contributed by atoms with Gasteiger partial charge in [0.2, 0.25) is 5.78 Å². The molecule has 1 aromatic rings. The summed E-state index contributed by atoms with van der Waals surface area (Å²) in [6.07, 6.45) is 2.04. The summed E-state index contributed by atoms with van der Waals surface area (Å²) in [4.78, 5) is 39.9. The van der Waals surface area contributed by atoms with E-state index in [1.54, 1.807) is 25.1 Å². The minimum Gasteiger partial charge on any atom is -0.508 e. The lowest BCUT2D eigenvalue weighted by Gasteiger charge is -2.49. The van der Waals surface area contributed by atoms with Crippen LogP contribution < -0.4 is 5.73 Å². The van der Waals surface area contributed by atoms with Crippen molar-refractivity contribution in [1.82, 2.24) is 4.90 Å². The number of allylic oxidation sites excluding steroid dienone is 1. The van der Waals surface area contributed by atoms with Gasteiger partial charge in [-0.05, 0) is 73.1 Å². The molecule has 0 spiro atoms. The summed E-state index contributed by atoms with van der Waals surface area (Å²) < 4.78 is 0.813. The molecule has 0 bridgehead atoms. The minimum atomic E-state index is -2.44. The van der Waals surface area contributed by atoms with Crippen molar-refractivity contribution in [2.75, 3.05) is 14.1 Å². The molecule has 1 aromatic carbocycles. The first kappa shape index (κ1) is 21.0. The highest BCUT2D eigenvalue weighted by atomic mass is 127. The number of phenolic OH excluding ortho intramolecular Hbond substituents is 1. The summed E-state index contributed by atoms with van der Waals surface area (Å²) in [7, 11) is 3.46. The van der Waals surface area contributed by atoms with Gasteiger partial charge in [0.05, 0.1) is 11.1 Å². The number of rotatable bonds is 2. The Bertz CT molecular complexity index is 1080. The summed E-state index contributed by atoms with van der Waals surface area (Å²) in [5.74, 6) is -4.82. The normalized spacial score (nSPS) is 30.6. The van der Waals surface area contributed by atoms with Crippen molar-refractivity contribution in [2.24, 2.45) is 17.6 Å². The molecule has 0 heterocycles. The number of hydrogen-bond acceptors (Lipinski definition) is 7. The van der Waals surface area contributed by atoms with Crippen molar-refractivity contribution >= 4 is 40.1 Å². The van der Waals surface area contributed by atoms with Crippen LogP contribution in [0, 0.1) is 15.4 Å². The highest BCUT2D eigenvalue weighted by molar-refractivity contribution is 14.1. The fourth-order valence-corrected chi connectivity index (χ4v) is 5.69. The first-order valence-corrected chi connectivity index (χ1v) is 10.5. The molecule has 4 atom stereocenters. The molecule has 0 fully saturated rings. The van der Waals surface area contributed by atoms with Crippen molar-refractivity contribution in [3.05, 3.63) is 49.8 Å². The number of ketones is 2. The van der Waals surface area contributed by atoms with E-state index in [4.69, 9.17) is 5.73 Å². The largest absolute Gasteiger partial charge is 0.508 e. The molecule has 3 aliphatic carbocycles.